The van der Waals surface area contributed by atoms with E-state index >= 15 is 4.39 Å². The molecule has 9 nitrogen and oxygen atoms in total. The number of nitrogens with zero attached hydrogens (tertiary/aromatic N) is 3. The third-order valence-electron chi connectivity index (χ3n) is 7.15. The van der Waals surface area contributed by atoms with Crippen LogP contribution in [0.3, 0.4) is 0 Å². The Bertz CT molecular complexity index is 1810. The van der Waals surface area contributed by atoms with Gasteiger partial charge in [0.2, 0.25) is 15.9 Å². The predicted molar refractivity (Wildman–Crippen MR) is 172 cm³/mol. The Labute approximate surface area is 258 Å². The SMILES string of the molecule is CCCCCNC(=O)Cn1ccc2nc(CCC)n(Cc3ccc(-c4ccccc4S(=O)(=O)NC(C)(C)C)cc3F)c2c1=O. The molecule has 0 radical (unpaired) electrons. The lowest BCUT2D eigenvalue weighted by Crippen LogP contribution is -2.40. The molecule has 1 amide bonds. The van der Waals surface area contributed by atoms with E-state index in [1.165, 1.54) is 16.7 Å². The number of nitrogens with one attached hydrogen (secondary N) is 2. The van der Waals surface area contributed by atoms with E-state index in [1.807, 2.05) is 6.92 Å². The first-order valence-corrected chi connectivity index (χ1v) is 16.6. The molecule has 2 N–H and O–H groups in total. The summed E-state index contributed by atoms with van der Waals surface area (Å²) in [5.41, 5.74) is 0.846. The van der Waals surface area contributed by atoms with Crippen LogP contribution < -0.4 is 15.6 Å². The number of imidazole rings is 1. The number of amides is 1. The molecule has 11 heteroatoms. The molecule has 0 aliphatic heterocycles. The number of unbranched alkanes of at least 4 members (excludes halogenated alkanes) is 2. The first-order valence-electron chi connectivity index (χ1n) is 15.1. The molecule has 0 spiro atoms. The minimum atomic E-state index is -3.87. The summed E-state index contributed by atoms with van der Waals surface area (Å²) in [6.07, 6.45) is 5.86. The Balaban J connectivity index is 1.68. The zero-order valence-corrected chi connectivity index (χ0v) is 26.9. The van der Waals surface area contributed by atoms with Crippen molar-refractivity contribution >= 4 is 27.0 Å². The summed E-state index contributed by atoms with van der Waals surface area (Å²) in [6.45, 7) is 9.84. The van der Waals surface area contributed by atoms with Crippen molar-refractivity contribution in [2.24, 2.45) is 0 Å². The molecule has 44 heavy (non-hydrogen) atoms. The molecule has 0 aliphatic carbocycles. The molecule has 2 aromatic carbocycles. The van der Waals surface area contributed by atoms with Crippen LogP contribution in [0.25, 0.3) is 22.2 Å². The summed E-state index contributed by atoms with van der Waals surface area (Å²) >= 11 is 0. The average molecular weight is 624 g/mol. The second kappa shape index (κ2) is 13.9. The van der Waals surface area contributed by atoms with Crippen LogP contribution in [-0.4, -0.2) is 40.5 Å². The molecule has 0 saturated carbocycles. The zero-order chi connectivity index (χ0) is 32.1. The monoisotopic (exact) mass is 623 g/mol. The van der Waals surface area contributed by atoms with E-state index in [-0.39, 0.29) is 29.5 Å². The van der Waals surface area contributed by atoms with Crippen LogP contribution in [0.5, 0.6) is 0 Å². The molecule has 0 unspecified atom stereocenters. The molecule has 0 bridgehead atoms. The number of hydrogen-bond donors (Lipinski definition) is 2. The van der Waals surface area contributed by atoms with Gasteiger partial charge in [0.05, 0.1) is 17.0 Å². The molecule has 2 heterocycles. The van der Waals surface area contributed by atoms with Crippen molar-refractivity contribution in [2.45, 2.75) is 90.2 Å². The third kappa shape index (κ3) is 7.81. The van der Waals surface area contributed by atoms with Crippen molar-refractivity contribution in [3.63, 3.8) is 0 Å². The van der Waals surface area contributed by atoms with Gasteiger partial charge in [-0.3, -0.25) is 9.59 Å². The molecule has 0 saturated heterocycles. The fraction of sp³-hybridized carbons (Fsp3) is 0.424. The molecule has 0 fully saturated rings. The number of aryl methyl sites for hydroxylation is 1. The van der Waals surface area contributed by atoms with Crippen molar-refractivity contribution in [1.82, 2.24) is 24.2 Å². The number of rotatable bonds is 13. The first-order chi connectivity index (χ1) is 20.8. The maximum atomic E-state index is 15.7. The van der Waals surface area contributed by atoms with Crippen LogP contribution in [0.4, 0.5) is 4.39 Å². The predicted octanol–water partition coefficient (Wildman–Crippen LogP) is 5.39. The van der Waals surface area contributed by atoms with Crippen molar-refractivity contribution < 1.29 is 17.6 Å². The van der Waals surface area contributed by atoms with Crippen molar-refractivity contribution in [3.05, 3.63) is 82.3 Å². The molecular formula is C33H42FN5O4S. The maximum absolute atomic E-state index is 15.7. The van der Waals surface area contributed by atoms with E-state index in [4.69, 9.17) is 0 Å². The highest BCUT2D eigenvalue weighted by Gasteiger charge is 2.25. The quantitative estimate of drug-likeness (QED) is 0.194. The van der Waals surface area contributed by atoms with Gasteiger partial charge in [0.25, 0.3) is 5.56 Å². The minimum absolute atomic E-state index is 0.0476. The minimum Gasteiger partial charge on any atom is -0.355 e. The van der Waals surface area contributed by atoms with Gasteiger partial charge >= 0.3 is 0 Å². The van der Waals surface area contributed by atoms with Gasteiger partial charge in [-0.05, 0) is 57.4 Å². The number of hydrogen-bond acceptors (Lipinski definition) is 5. The summed E-state index contributed by atoms with van der Waals surface area (Å²) in [4.78, 5) is 30.8. The standard InChI is InChI=1S/C33H42FN5O4S/c1-6-8-11-18-35-30(40)22-38-19-17-27-31(32(38)41)39(29(36-27)12-7-2)21-24-16-15-23(20-26(24)34)25-13-9-10-14-28(25)44(42,43)37-33(3,4)5/h9-10,13-17,19-20,37H,6-8,11-12,18,21-22H2,1-5H3,(H,35,40). The van der Waals surface area contributed by atoms with Gasteiger partial charge in [0.1, 0.15) is 23.7 Å². The zero-order valence-electron chi connectivity index (χ0n) is 26.1. The topological polar surface area (TPSA) is 115 Å². The lowest BCUT2D eigenvalue weighted by atomic mass is 10.0. The van der Waals surface area contributed by atoms with Crippen LogP contribution in [0, 0.1) is 5.82 Å². The normalized spacial score (nSPS) is 12.1. The highest BCUT2D eigenvalue weighted by molar-refractivity contribution is 7.89. The summed E-state index contributed by atoms with van der Waals surface area (Å²) in [5, 5.41) is 2.86. The fourth-order valence-corrected chi connectivity index (χ4v) is 6.81. The Morgan fingerprint density at radius 2 is 1.77 bits per heavy atom. The van der Waals surface area contributed by atoms with E-state index < -0.39 is 21.4 Å². The Hall–Kier alpha value is -3.83. The van der Waals surface area contributed by atoms with Crippen molar-refractivity contribution in [1.29, 1.82) is 0 Å². The van der Waals surface area contributed by atoms with E-state index in [2.05, 4.69) is 21.9 Å². The Kier molecular flexibility index (Phi) is 10.4. The number of pyridine rings is 1. The lowest BCUT2D eigenvalue weighted by Gasteiger charge is -2.21. The average Bonchev–Trinajstić information content (AvgIpc) is 3.30. The van der Waals surface area contributed by atoms with Gasteiger partial charge in [-0.25, -0.2) is 22.5 Å². The van der Waals surface area contributed by atoms with E-state index in [9.17, 15) is 18.0 Å². The van der Waals surface area contributed by atoms with Crippen LogP contribution in [0.15, 0.2) is 64.4 Å². The summed E-state index contributed by atoms with van der Waals surface area (Å²) < 4.78 is 47.8. The fourth-order valence-electron chi connectivity index (χ4n) is 5.16. The third-order valence-corrected chi connectivity index (χ3v) is 8.97. The first kappa shape index (κ1) is 33.1. The van der Waals surface area contributed by atoms with Gasteiger partial charge in [-0.2, -0.15) is 0 Å². The number of sulfonamides is 1. The largest absolute Gasteiger partial charge is 0.355 e. The van der Waals surface area contributed by atoms with Crippen LogP contribution in [0.2, 0.25) is 0 Å². The van der Waals surface area contributed by atoms with Gasteiger partial charge in [0, 0.05) is 35.8 Å². The van der Waals surface area contributed by atoms with Crippen LogP contribution >= 0.6 is 0 Å². The summed E-state index contributed by atoms with van der Waals surface area (Å²) in [7, 11) is -3.87. The van der Waals surface area contributed by atoms with Crippen LogP contribution in [-0.2, 0) is 34.3 Å². The Morgan fingerprint density at radius 3 is 2.45 bits per heavy atom. The Morgan fingerprint density at radius 1 is 1.02 bits per heavy atom. The molecule has 0 atom stereocenters. The molecule has 4 aromatic rings. The number of aromatic nitrogens is 3. The smallest absolute Gasteiger partial charge is 0.277 e. The molecular weight excluding hydrogens is 581 g/mol. The van der Waals surface area contributed by atoms with Crippen molar-refractivity contribution in [3.8, 4) is 11.1 Å². The van der Waals surface area contributed by atoms with Gasteiger partial charge < -0.3 is 14.5 Å². The second-order valence-corrected chi connectivity index (χ2v) is 13.7. The maximum Gasteiger partial charge on any atom is 0.277 e. The van der Waals surface area contributed by atoms with E-state index in [1.54, 1.807) is 67.9 Å². The lowest BCUT2D eigenvalue weighted by molar-refractivity contribution is -0.121. The highest BCUT2D eigenvalue weighted by atomic mass is 32.2. The number of fused-ring (bicyclic) bond motifs is 1. The second-order valence-electron chi connectivity index (χ2n) is 12.1. The van der Waals surface area contributed by atoms with E-state index in [0.717, 1.165) is 25.7 Å². The van der Waals surface area contributed by atoms with Gasteiger partial charge in [0.15, 0.2) is 0 Å². The van der Waals surface area contributed by atoms with Crippen molar-refractivity contribution in [2.75, 3.05) is 6.54 Å². The summed E-state index contributed by atoms with van der Waals surface area (Å²) in [5.74, 6) is -0.135. The molecule has 236 valence electrons. The molecule has 2 aromatic heterocycles. The van der Waals surface area contributed by atoms with Crippen LogP contribution in [0.1, 0.15) is 71.7 Å². The molecule has 4 rings (SSSR count). The van der Waals surface area contributed by atoms with E-state index in [0.29, 0.717) is 46.5 Å². The van der Waals surface area contributed by atoms with Gasteiger partial charge in [-0.1, -0.05) is 57.0 Å². The number of benzene rings is 2. The summed E-state index contributed by atoms with van der Waals surface area (Å²) in [6, 6.07) is 12.8. The highest BCUT2D eigenvalue weighted by Crippen LogP contribution is 2.30. The molecule has 0 aliphatic rings. The number of carbonyl (C=O) groups excluding carboxylic acids is 1. The number of carbonyl (C=O) groups is 1. The number of halogens is 1. The van der Waals surface area contributed by atoms with Gasteiger partial charge in [-0.15, -0.1) is 0 Å².